The second-order valence-electron chi connectivity index (χ2n) is 7.47. The van der Waals surface area contributed by atoms with Crippen LogP contribution in [0.1, 0.15) is 37.4 Å². The van der Waals surface area contributed by atoms with Gasteiger partial charge in [0.15, 0.2) is 0 Å². The van der Waals surface area contributed by atoms with E-state index in [0.717, 1.165) is 29.4 Å². The van der Waals surface area contributed by atoms with Crippen LogP contribution >= 0.6 is 0 Å². The van der Waals surface area contributed by atoms with Crippen molar-refractivity contribution in [1.29, 1.82) is 0 Å². The molecule has 1 aliphatic heterocycles. The van der Waals surface area contributed by atoms with Crippen LogP contribution in [-0.2, 0) is 6.54 Å². The average molecular weight is 379 g/mol. The fraction of sp³-hybridized carbons (Fsp3) is 0.364. The standard InChI is InChI=1S/C22H26FN5/c1-16-13-19(14-25-22(16)27-12-4-3-5-17(27)2)24-15-21-10-11-26-28(21)20-8-6-18(23)7-9-20/h6-11,13-14,17,24H,3-5,12,15H2,1-2H3. The normalized spacial score (nSPS) is 17.0. The van der Waals surface area contributed by atoms with Gasteiger partial charge in [-0.25, -0.2) is 14.1 Å². The zero-order chi connectivity index (χ0) is 19.5. The second kappa shape index (κ2) is 8.00. The number of benzene rings is 1. The van der Waals surface area contributed by atoms with Crippen molar-refractivity contribution in [3.63, 3.8) is 0 Å². The number of piperidine rings is 1. The van der Waals surface area contributed by atoms with E-state index in [2.05, 4.69) is 35.2 Å². The fourth-order valence-corrected chi connectivity index (χ4v) is 3.85. The molecular weight excluding hydrogens is 353 g/mol. The first-order valence-corrected chi connectivity index (χ1v) is 9.88. The number of aryl methyl sites for hydroxylation is 1. The molecule has 5 nitrogen and oxygen atoms in total. The number of hydrogen-bond acceptors (Lipinski definition) is 4. The summed E-state index contributed by atoms with van der Waals surface area (Å²) < 4.78 is 15.0. The summed E-state index contributed by atoms with van der Waals surface area (Å²) in [6, 6.07) is 11.0. The molecule has 1 aliphatic rings. The lowest BCUT2D eigenvalue weighted by Crippen LogP contribution is -2.38. The first kappa shape index (κ1) is 18.5. The number of hydrogen-bond donors (Lipinski definition) is 1. The summed E-state index contributed by atoms with van der Waals surface area (Å²) in [5.41, 5.74) is 4.01. The van der Waals surface area contributed by atoms with Crippen LogP contribution in [0.15, 0.2) is 48.8 Å². The molecular formula is C22H26FN5. The molecule has 4 rings (SSSR count). The van der Waals surface area contributed by atoms with Crippen LogP contribution in [0.2, 0.25) is 0 Å². The molecule has 3 aromatic rings. The van der Waals surface area contributed by atoms with Gasteiger partial charge in [-0.15, -0.1) is 0 Å². The molecule has 0 aliphatic carbocycles. The molecule has 0 saturated carbocycles. The third-order valence-corrected chi connectivity index (χ3v) is 5.39. The van der Waals surface area contributed by atoms with Crippen LogP contribution in [-0.4, -0.2) is 27.4 Å². The highest BCUT2D eigenvalue weighted by Crippen LogP contribution is 2.27. The molecule has 3 heterocycles. The Morgan fingerprint density at radius 2 is 2.00 bits per heavy atom. The number of aromatic nitrogens is 3. The van der Waals surface area contributed by atoms with Gasteiger partial charge >= 0.3 is 0 Å². The van der Waals surface area contributed by atoms with E-state index in [1.165, 1.54) is 37.0 Å². The molecule has 2 aromatic heterocycles. The Kier molecular flexibility index (Phi) is 5.28. The van der Waals surface area contributed by atoms with Gasteiger partial charge in [0.05, 0.1) is 29.8 Å². The summed E-state index contributed by atoms with van der Waals surface area (Å²) in [5.74, 6) is 0.842. The lowest BCUT2D eigenvalue weighted by molar-refractivity contribution is 0.480. The molecule has 28 heavy (non-hydrogen) atoms. The van der Waals surface area contributed by atoms with Gasteiger partial charge in [0.1, 0.15) is 11.6 Å². The minimum atomic E-state index is -0.250. The minimum Gasteiger partial charge on any atom is -0.378 e. The molecule has 146 valence electrons. The van der Waals surface area contributed by atoms with E-state index in [4.69, 9.17) is 4.98 Å². The van der Waals surface area contributed by atoms with Gasteiger partial charge in [0.25, 0.3) is 0 Å². The van der Waals surface area contributed by atoms with Crippen molar-refractivity contribution in [1.82, 2.24) is 14.8 Å². The molecule has 1 atom stereocenters. The van der Waals surface area contributed by atoms with Crippen LogP contribution in [0.3, 0.4) is 0 Å². The van der Waals surface area contributed by atoms with Crippen molar-refractivity contribution in [2.75, 3.05) is 16.8 Å². The summed E-state index contributed by atoms with van der Waals surface area (Å²) in [6.07, 6.45) is 7.43. The van der Waals surface area contributed by atoms with Crippen molar-refractivity contribution in [3.05, 3.63) is 65.9 Å². The lowest BCUT2D eigenvalue weighted by Gasteiger charge is -2.35. The summed E-state index contributed by atoms with van der Waals surface area (Å²) in [6.45, 7) is 6.09. The number of nitrogens with one attached hydrogen (secondary N) is 1. The van der Waals surface area contributed by atoms with Crippen LogP contribution in [0.25, 0.3) is 5.69 Å². The zero-order valence-electron chi connectivity index (χ0n) is 16.4. The van der Waals surface area contributed by atoms with Crippen LogP contribution in [0.5, 0.6) is 0 Å². The van der Waals surface area contributed by atoms with Crippen molar-refractivity contribution < 1.29 is 4.39 Å². The predicted molar refractivity (Wildman–Crippen MR) is 110 cm³/mol. The molecule has 1 saturated heterocycles. The van der Waals surface area contributed by atoms with E-state index in [-0.39, 0.29) is 5.82 Å². The third kappa shape index (κ3) is 3.86. The molecule has 1 unspecified atom stereocenters. The number of pyridine rings is 1. The largest absolute Gasteiger partial charge is 0.378 e. The molecule has 0 spiro atoms. The first-order valence-electron chi connectivity index (χ1n) is 9.88. The van der Waals surface area contributed by atoms with Gasteiger partial charge in [-0.05, 0) is 75.1 Å². The molecule has 6 heteroatoms. The number of nitrogens with zero attached hydrogens (tertiary/aromatic N) is 4. The monoisotopic (exact) mass is 379 g/mol. The predicted octanol–water partition coefficient (Wildman–Crippen LogP) is 4.71. The maximum absolute atomic E-state index is 13.2. The van der Waals surface area contributed by atoms with Gasteiger partial charge in [-0.1, -0.05) is 0 Å². The van der Waals surface area contributed by atoms with Crippen LogP contribution in [0, 0.1) is 12.7 Å². The van der Waals surface area contributed by atoms with Gasteiger partial charge < -0.3 is 10.2 Å². The van der Waals surface area contributed by atoms with Crippen molar-refractivity contribution in [2.45, 2.75) is 45.7 Å². The van der Waals surface area contributed by atoms with E-state index in [9.17, 15) is 4.39 Å². The third-order valence-electron chi connectivity index (χ3n) is 5.39. The maximum atomic E-state index is 13.2. The number of halogens is 1. The topological polar surface area (TPSA) is 46.0 Å². The summed E-state index contributed by atoms with van der Waals surface area (Å²) in [7, 11) is 0. The maximum Gasteiger partial charge on any atom is 0.131 e. The SMILES string of the molecule is Cc1cc(NCc2ccnn2-c2ccc(F)cc2)cnc1N1CCCCC1C. The molecule has 0 amide bonds. The van der Waals surface area contributed by atoms with Crippen LogP contribution < -0.4 is 10.2 Å². The highest BCUT2D eigenvalue weighted by Gasteiger charge is 2.21. The Hall–Kier alpha value is -2.89. The molecule has 0 bridgehead atoms. The van der Waals surface area contributed by atoms with E-state index in [1.807, 2.05) is 16.9 Å². The molecule has 0 radical (unpaired) electrons. The summed E-state index contributed by atoms with van der Waals surface area (Å²) in [5, 5.41) is 7.80. The Morgan fingerprint density at radius 1 is 1.18 bits per heavy atom. The van der Waals surface area contributed by atoms with Crippen molar-refractivity contribution in [2.24, 2.45) is 0 Å². The van der Waals surface area contributed by atoms with Gasteiger partial charge in [0.2, 0.25) is 0 Å². The van der Waals surface area contributed by atoms with Crippen molar-refractivity contribution >= 4 is 11.5 Å². The fourth-order valence-electron chi connectivity index (χ4n) is 3.85. The number of anilines is 2. The lowest BCUT2D eigenvalue weighted by atomic mass is 10.0. The molecule has 1 N–H and O–H groups in total. The van der Waals surface area contributed by atoms with Gasteiger partial charge in [0, 0.05) is 18.8 Å². The van der Waals surface area contributed by atoms with Crippen LogP contribution in [0.4, 0.5) is 15.9 Å². The molecule has 1 aromatic carbocycles. The Bertz CT molecular complexity index is 934. The van der Waals surface area contributed by atoms with E-state index in [0.29, 0.717) is 12.6 Å². The van der Waals surface area contributed by atoms with E-state index < -0.39 is 0 Å². The van der Waals surface area contributed by atoms with E-state index in [1.54, 1.807) is 18.3 Å². The quantitative estimate of drug-likeness (QED) is 0.698. The first-order chi connectivity index (χ1) is 13.6. The Balaban J connectivity index is 1.47. The smallest absolute Gasteiger partial charge is 0.131 e. The second-order valence-corrected chi connectivity index (χ2v) is 7.47. The van der Waals surface area contributed by atoms with Crippen molar-refractivity contribution in [3.8, 4) is 5.69 Å². The van der Waals surface area contributed by atoms with Gasteiger partial charge in [-0.2, -0.15) is 5.10 Å². The summed E-state index contributed by atoms with van der Waals surface area (Å²) >= 11 is 0. The zero-order valence-corrected chi connectivity index (χ0v) is 16.4. The molecule has 1 fully saturated rings. The highest BCUT2D eigenvalue weighted by molar-refractivity contribution is 5.55. The Labute approximate surface area is 165 Å². The Morgan fingerprint density at radius 3 is 2.75 bits per heavy atom. The summed E-state index contributed by atoms with van der Waals surface area (Å²) in [4.78, 5) is 7.16. The van der Waals surface area contributed by atoms with Gasteiger partial charge in [-0.3, -0.25) is 0 Å². The average Bonchev–Trinajstić information content (AvgIpc) is 3.16. The number of rotatable bonds is 5. The highest BCUT2D eigenvalue weighted by atomic mass is 19.1. The minimum absolute atomic E-state index is 0.250. The van der Waals surface area contributed by atoms with E-state index >= 15 is 0 Å².